The van der Waals surface area contributed by atoms with Gasteiger partial charge in [0.2, 0.25) is 5.91 Å². The van der Waals surface area contributed by atoms with Crippen molar-refractivity contribution in [2.24, 2.45) is 11.7 Å². The molecule has 0 aliphatic carbocycles. The van der Waals surface area contributed by atoms with E-state index in [1.165, 1.54) is 10.9 Å². The molecule has 0 aliphatic heterocycles. The van der Waals surface area contributed by atoms with Gasteiger partial charge in [-0.05, 0) is 26.2 Å². The Bertz CT molecular complexity index is 544. The van der Waals surface area contributed by atoms with Gasteiger partial charge in [-0.25, -0.2) is 0 Å². The summed E-state index contributed by atoms with van der Waals surface area (Å²) in [6.07, 6.45) is 3.12. The molecule has 0 radical (unpaired) electrons. The molecule has 1 aromatic rings. The van der Waals surface area contributed by atoms with Crippen molar-refractivity contribution in [3.63, 3.8) is 0 Å². The van der Waals surface area contributed by atoms with Crippen molar-refractivity contribution < 1.29 is 9.72 Å². The molecule has 8 nitrogen and oxygen atoms in total. The Kier molecular flexibility index (Phi) is 7.66. The van der Waals surface area contributed by atoms with Gasteiger partial charge in [0.15, 0.2) is 0 Å². The lowest BCUT2D eigenvalue weighted by molar-refractivity contribution is -0.385. The lowest BCUT2D eigenvalue weighted by atomic mass is 10.0. The summed E-state index contributed by atoms with van der Waals surface area (Å²) in [6.45, 7) is 7.99. The summed E-state index contributed by atoms with van der Waals surface area (Å²) >= 11 is 0. The van der Waals surface area contributed by atoms with E-state index in [0.29, 0.717) is 18.9 Å². The van der Waals surface area contributed by atoms with Crippen LogP contribution in [0.3, 0.4) is 0 Å². The number of amides is 1. The monoisotopic (exact) mass is 347 g/mol. The number of hydrogen-bond acceptors (Lipinski definition) is 5. The Morgan fingerprint density at radius 3 is 2.52 bits per heavy atom. The molecule has 23 heavy (non-hydrogen) atoms. The molecule has 1 amide bonds. The lowest BCUT2D eigenvalue weighted by Crippen LogP contribution is -2.46. The minimum atomic E-state index is -0.995. The minimum absolute atomic E-state index is 0. The molecule has 132 valence electrons. The van der Waals surface area contributed by atoms with E-state index in [2.05, 4.69) is 5.10 Å². The topological polar surface area (TPSA) is 107 Å². The first-order valence-corrected chi connectivity index (χ1v) is 7.28. The number of carbonyl (C=O) groups excluding carboxylic acids is 1. The molecule has 1 rings (SSSR count). The maximum absolute atomic E-state index is 12.6. The molecule has 1 unspecified atom stereocenters. The zero-order valence-corrected chi connectivity index (χ0v) is 15.0. The fourth-order valence-corrected chi connectivity index (χ4v) is 2.06. The van der Waals surface area contributed by atoms with Crippen LogP contribution in [-0.4, -0.2) is 45.1 Å². The van der Waals surface area contributed by atoms with Crippen LogP contribution in [0, 0.1) is 16.0 Å². The van der Waals surface area contributed by atoms with Gasteiger partial charge < -0.3 is 10.6 Å². The molecule has 0 aromatic carbocycles. The molecule has 0 aliphatic rings. The van der Waals surface area contributed by atoms with Crippen LogP contribution in [0.1, 0.15) is 34.1 Å². The number of likely N-dealkylation sites (N-methyl/N-ethyl adjacent to an activating group) is 1. The predicted octanol–water partition coefficient (Wildman–Crippen LogP) is 1.78. The molecule has 1 aromatic heterocycles. The van der Waals surface area contributed by atoms with Crippen molar-refractivity contribution in [1.29, 1.82) is 0 Å². The van der Waals surface area contributed by atoms with E-state index in [9.17, 15) is 14.9 Å². The quantitative estimate of drug-likeness (QED) is 0.597. The number of hydrogen-bond donors (Lipinski definition) is 1. The Labute approximate surface area is 142 Å². The van der Waals surface area contributed by atoms with Gasteiger partial charge in [0, 0.05) is 19.6 Å². The summed E-state index contributed by atoms with van der Waals surface area (Å²) in [4.78, 5) is 24.4. The summed E-state index contributed by atoms with van der Waals surface area (Å²) in [6, 6.07) is 0.0316. The second-order valence-electron chi connectivity index (χ2n) is 6.38. The predicted molar refractivity (Wildman–Crippen MR) is 90.5 cm³/mol. The van der Waals surface area contributed by atoms with E-state index >= 15 is 0 Å². The van der Waals surface area contributed by atoms with Gasteiger partial charge in [-0.3, -0.25) is 19.6 Å². The summed E-state index contributed by atoms with van der Waals surface area (Å²) in [5, 5.41) is 14.7. The van der Waals surface area contributed by atoms with Crippen LogP contribution in [0.25, 0.3) is 0 Å². The average molecular weight is 348 g/mol. The third-order valence-electron chi connectivity index (χ3n) is 3.88. The SMILES string of the molecule is CC(C)C(N)CCN(C)C(=O)C(C)(C)n1cc([N+](=O)[O-])cn1.Cl. The number of nitro groups is 1. The van der Waals surface area contributed by atoms with E-state index in [4.69, 9.17) is 5.73 Å². The molecule has 9 heteroatoms. The second-order valence-corrected chi connectivity index (χ2v) is 6.38. The Hall–Kier alpha value is -1.67. The Morgan fingerprint density at radius 1 is 1.52 bits per heavy atom. The fraction of sp³-hybridized carbons (Fsp3) is 0.714. The minimum Gasteiger partial charge on any atom is -0.344 e. The van der Waals surface area contributed by atoms with Gasteiger partial charge >= 0.3 is 5.69 Å². The Balaban J connectivity index is 0.00000484. The molecular weight excluding hydrogens is 322 g/mol. The van der Waals surface area contributed by atoms with E-state index in [0.717, 1.165) is 6.20 Å². The summed E-state index contributed by atoms with van der Waals surface area (Å²) in [7, 11) is 1.70. The molecule has 0 saturated carbocycles. The van der Waals surface area contributed by atoms with E-state index in [1.54, 1.807) is 25.8 Å². The number of carbonyl (C=O) groups is 1. The first-order valence-electron chi connectivity index (χ1n) is 7.28. The van der Waals surface area contributed by atoms with Crippen LogP contribution in [0.5, 0.6) is 0 Å². The zero-order chi connectivity index (χ0) is 17.1. The van der Waals surface area contributed by atoms with Crippen LogP contribution in [0.4, 0.5) is 5.69 Å². The van der Waals surface area contributed by atoms with Crippen molar-refractivity contribution in [3.05, 3.63) is 22.5 Å². The number of rotatable bonds is 7. The highest BCUT2D eigenvalue weighted by Gasteiger charge is 2.34. The number of aromatic nitrogens is 2. The summed E-state index contributed by atoms with van der Waals surface area (Å²) < 4.78 is 1.33. The highest BCUT2D eigenvalue weighted by molar-refractivity contribution is 5.85. The van der Waals surface area contributed by atoms with Crippen molar-refractivity contribution in [1.82, 2.24) is 14.7 Å². The highest BCUT2D eigenvalue weighted by Crippen LogP contribution is 2.21. The van der Waals surface area contributed by atoms with Gasteiger partial charge in [0.1, 0.15) is 17.9 Å². The molecule has 0 saturated heterocycles. The van der Waals surface area contributed by atoms with Crippen LogP contribution in [0.15, 0.2) is 12.4 Å². The fourth-order valence-electron chi connectivity index (χ4n) is 2.06. The standard InChI is InChI=1S/C14H25N5O3.ClH/c1-10(2)12(15)6-7-17(5)13(20)14(3,4)18-9-11(8-16-18)19(21)22;/h8-10,12H,6-7,15H2,1-5H3;1H. The smallest absolute Gasteiger partial charge is 0.307 e. The first kappa shape index (κ1) is 21.3. The van der Waals surface area contributed by atoms with E-state index in [-0.39, 0.29) is 30.0 Å². The number of nitrogens with zero attached hydrogens (tertiary/aromatic N) is 4. The van der Waals surface area contributed by atoms with Crippen LogP contribution in [-0.2, 0) is 10.3 Å². The lowest BCUT2D eigenvalue weighted by Gasteiger charge is -2.30. The molecule has 0 bridgehead atoms. The largest absolute Gasteiger partial charge is 0.344 e. The van der Waals surface area contributed by atoms with Gasteiger partial charge in [0.25, 0.3) is 0 Å². The van der Waals surface area contributed by atoms with Gasteiger partial charge in [0.05, 0.1) is 4.92 Å². The van der Waals surface area contributed by atoms with Crippen molar-refractivity contribution in [2.45, 2.75) is 45.7 Å². The van der Waals surface area contributed by atoms with Gasteiger partial charge in [-0.2, -0.15) is 5.10 Å². The summed E-state index contributed by atoms with van der Waals surface area (Å²) in [5.41, 5.74) is 4.86. The molecular formula is C14H26ClN5O3. The van der Waals surface area contributed by atoms with Crippen LogP contribution >= 0.6 is 12.4 Å². The van der Waals surface area contributed by atoms with Crippen molar-refractivity contribution >= 4 is 24.0 Å². The molecule has 1 atom stereocenters. The maximum atomic E-state index is 12.6. The molecule has 0 fully saturated rings. The first-order chi connectivity index (χ1) is 10.1. The van der Waals surface area contributed by atoms with E-state index < -0.39 is 10.5 Å². The number of nitrogens with two attached hydrogens (primary N) is 1. The molecule has 2 N–H and O–H groups in total. The van der Waals surface area contributed by atoms with Gasteiger partial charge in [-0.1, -0.05) is 13.8 Å². The molecule has 1 heterocycles. The second kappa shape index (κ2) is 8.26. The molecule has 0 spiro atoms. The zero-order valence-electron chi connectivity index (χ0n) is 14.2. The Morgan fingerprint density at radius 2 is 2.09 bits per heavy atom. The van der Waals surface area contributed by atoms with Crippen molar-refractivity contribution in [2.75, 3.05) is 13.6 Å². The average Bonchev–Trinajstić information content (AvgIpc) is 2.93. The van der Waals surface area contributed by atoms with Crippen LogP contribution in [0.2, 0.25) is 0 Å². The highest BCUT2D eigenvalue weighted by atomic mass is 35.5. The third kappa shape index (κ3) is 5.18. The van der Waals surface area contributed by atoms with Crippen LogP contribution < -0.4 is 5.73 Å². The normalized spacial score (nSPS) is 12.7. The maximum Gasteiger partial charge on any atom is 0.307 e. The summed E-state index contributed by atoms with van der Waals surface area (Å²) in [5.74, 6) is 0.187. The third-order valence-corrected chi connectivity index (χ3v) is 3.88. The van der Waals surface area contributed by atoms with Gasteiger partial charge in [-0.15, -0.1) is 12.4 Å². The number of halogens is 1. The van der Waals surface area contributed by atoms with E-state index in [1.807, 2.05) is 13.8 Å². The van der Waals surface area contributed by atoms with Crippen molar-refractivity contribution in [3.8, 4) is 0 Å².